The van der Waals surface area contributed by atoms with Crippen LogP contribution in [0.3, 0.4) is 0 Å². The van der Waals surface area contributed by atoms with E-state index in [-0.39, 0.29) is 23.3 Å². The highest BCUT2D eigenvalue weighted by Gasteiger charge is 2.26. The first-order valence-corrected chi connectivity index (χ1v) is 11.9. The van der Waals surface area contributed by atoms with Crippen LogP contribution >= 0.6 is 23.4 Å². The molecular formula is C23H23ClF2N4OS. The Bertz CT molecular complexity index is 1120. The van der Waals surface area contributed by atoms with Crippen molar-refractivity contribution in [3.8, 4) is 11.4 Å². The lowest BCUT2D eigenvalue weighted by molar-refractivity contribution is -0.119. The molecule has 1 unspecified atom stereocenters. The molecule has 1 fully saturated rings. The number of nitrogens with zero attached hydrogens (tertiary/aromatic N) is 3. The Labute approximate surface area is 194 Å². The molecule has 4 rings (SSSR count). The van der Waals surface area contributed by atoms with Gasteiger partial charge >= 0.3 is 0 Å². The van der Waals surface area contributed by atoms with Crippen molar-refractivity contribution in [1.29, 1.82) is 0 Å². The van der Waals surface area contributed by atoms with E-state index in [9.17, 15) is 13.6 Å². The predicted octanol–water partition coefficient (Wildman–Crippen LogP) is 5.96. The van der Waals surface area contributed by atoms with E-state index >= 15 is 0 Å². The van der Waals surface area contributed by atoms with Crippen molar-refractivity contribution >= 4 is 29.3 Å². The summed E-state index contributed by atoms with van der Waals surface area (Å²) in [5.74, 6) is -0.809. The maximum absolute atomic E-state index is 14.0. The van der Waals surface area contributed by atoms with Gasteiger partial charge < -0.3 is 5.32 Å². The number of halogens is 3. The van der Waals surface area contributed by atoms with Crippen LogP contribution in [0.1, 0.15) is 50.3 Å². The molecule has 0 spiro atoms. The lowest BCUT2D eigenvalue weighted by Crippen LogP contribution is -2.29. The second kappa shape index (κ2) is 10.0. The molecule has 0 bridgehead atoms. The van der Waals surface area contributed by atoms with Crippen LogP contribution in [0.4, 0.5) is 8.78 Å². The van der Waals surface area contributed by atoms with Crippen LogP contribution in [0.5, 0.6) is 0 Å². The Morgan fingerprint density at radius 3 is 2.69 bits per heavy atom. The molecule has 1 aromatic heterocycles. The first-order chi connectivity index (χ1) is 15.4. The average molecular weight is 477 g/mol. The number of thioether (sulfide) groups is 1. The molecule has 1 heterocycles. The lowest BCUT2D eigenvalue weighted by Gasteiger charge is -2.18. The molecule has 1 atom stereocenters. The van der Waals surface area contributed by atoms with Gasteiger partial charge in [-0.15, -0.1) is 10.2 Å². The van der Waals surface area contributed by atoms with E-state index in [1.165, 1.54) is 23.9 Å². The highest BCUT2D eigenvalue weighted by molar-refractivity contribution is 7.99. The van der Waals surface area contributed by atoms with Crippen LogP contribution < -0.4 is 5.32 Å². The fourth-order valence-corrected chi connectivity index (χ4v) is 5.07. The van der Waals surface area contributed by atoms with E-state index in [1.807, 2.05) is 24.3 Å². The maximum Gasteiger partial charge on any atom is 0.230 e. The van der Waals surface area contributed by atoms with E-state index in [0.29, 0.717) is 16.0 Å². The Hall–Kier alpha value is -2.45. The first-order valence-electron chi connectivity index (χ1n) is 10.5. The highest BCUT2D eigenvalue weighted by atomic mass is 35.5. The molecular weight excluding hydrogens is 454 g/mol. The second-order valence-corrected chi connectivity index (χ2v) is 9.19. The van der Waals surface area contributed by atoms with Gasteiger partial charge in [0.2, 0.25) is 5.91 Å². The van der Waals surface area contributed by atoms with Crippen LogP contribution in [0, 0.1) is 11.6 Å². The summed E-state index contributed by atoms with van der Waals surface area (Å²) in [5.41, 5.74) is 1.05. The summed E-state index contributed by atoms with van der Waals surface area (Å²) in [6.45, 7) is 1.66. The van der Waals surface area contributed by atoms with Crippen molar-refractivity contribution in [2.45, 2.75) is 49.8 Å². The maximum atomic E-state index is 14.0. The molecule has 5 nitrogen and oxygen atoms in total. The minimum Gasteiger partial charge on any atom is -0.349 e. The van der Waals surface area contributed by atoms with E-state index in [1.54, 1.807) is 6.92 Å². The van der Waals surface area contributed by atoms with Crippen molar-refractivity contribution in [3.05, 3.63) is 64.7 Å². The van der Waals surface area contributed by atoms with E-state index in [0.717, 1.165) is 37.3 Å². The molecule has 32 heavy (non-hydrogen) atoms. The largest absolute Gasteiger partial charge is 0.349 e. The molecule has 1 saturated carbocycles. The fraction of sp³-hybridized carbons (Fsp3) is 0.348. The van der Waals surface area contributed by atoms with Gasteiger partial charge in [-0.25, -0.2) is 8.78 Å². The normalized spacial score (nSPS) is 15.1. The predicted molar refractivity (Wildman–Crippen MR) is 122 cm³/mol. The van der Waals surface area contributed by atoms with E-state index < -0.39 is 17.7 Å². The summed E-state index contributed by atoms with van der Waals surface area (Å²) < 4.78 is 29.2. The number of nitrogens with one attached hydrogen (secondary N) is 1. The van der Waals surface area contributed by atoms with Crippen molar-refractivity contribution in [3.63, 3.8) is 0 Å². The van der Waals surface area contributed by atoms with E-state index in [4.69, 9.17) is 11.6 Å². The van der Waals surface area contributed by atoms with Crippen molar-refractivity contribution < 1.29 is 13.6 Å². The Kier molecular flexibility index (Phi) is 7.10. The van der Waals surface area contributed by atoms with Gasteiger partial charge in [0.25, 0.3) is 0 Å². The minimum absolute atomic E-state index is 0.0977. The van der Waals surface area contributed by atoms with Crippen molar-refractivity contribution in [2.75, 3.05) is 5.75 Å². The Balaban J connectivity index is 1.49. The molecule has 2 aromatic carbocycles. The monoisotopic (exact) mass is 476 g/mol. The van der Waals surface area contributed by atoms with Gasteiger partial charge in [-0.05, 0) is 38.0 Å². The number of carbonyl (C=O) groups is 1. The molecule has 0 radical (unpaired) electrons. The Morgan fingerprint density at radius 1 is 1.22 bits per heavy atom. The second-order valence-electron chi connectivity index (χ2n) is 7.84. The fourth-order valence-electron chi connectivity index (χ4n) is 4.04. The van der Waals surface area contributed by atoms with Gasteiger partial charge in [0.1, 0.15) is 11.6 Å². The molecule has 168 valence electrons. The molecule has 9 heteroatoms. The van der Waals surface area contributed by atoms with Gasteiger partial charge in [-0.3, -0.25) is 9.36 Å². The molecule has 1 aliphatic rings. The third kappa shape index (κ3) is 4.96. The standard InChI is InChI=1S/C23H23ClF2N4OS/c1-14(17-11-10-15(25)12-20(17)26)27-21(31)13-32-23-29-28-22(18-8-4-5-9-19(18)24)30(23)16-6-2-3-7-16/h4-5,8-12,14,16H,2-3,6-7,13H2,1H3,(H,27,31). The number of aromatic nitrogens is 3. The smallest absolute Gasteiger partial charge is 0.230 e. The van der Waals surface area contributed by atoms with Gasteiger partial charge in [0.15, 0.2) is 11.0 Å². The van der Waals surface area contributed by atoms with Crippen LogP contribution in [0.15, 0.2) is 47.6 Å². The number of carbonyl (C=O) groups excluding carboxylic acids is 1. The van der Waals surface area contributed by atoms with Gasteiger partial charge in [-0.1, -0.05) is 54.4 Å². The zero-order chi connectivity index (χ0) is 22.7. The summed E-state index contributed by atoms with van der Waals surface area (Å²) in [4.78, 5) is 12.5. The molecule has 1 aliphatic carbocycles. The number of amides is 1. The van der Waals surface area contributed by atoms with Crippen molar-refractivity contribution in [1.82, 2.24) is 20.1 Å². The van der Waals surface area contributed by atoms with Crippen LogP contribution in [-0.2, 0) is 4.79 Å². The third-order valence-corrected chi connectivity index (χ3v) is 6.88. The summed E-state index contributed by atoms with van der Waals surface area (Å²) >= 11 is 7.69. The van der Waals surface area contributed by atoms with Gasteiger partial charge in [-0.2, -0.15) is 0 Å². The highest BCUT2D eigenvalue weighted by Crippen LogP contribution is 2.38. The summed E-state index contributed by atoms with van der Waals surface area (Å²) in [7, 11) is 0. The zero-order valence-corrected chi connectivity index (χ0v) is 19.1. The topological polar surface area (TPSA) is 59.8 Å². The average Bonchev–Trinajstić information content (AvgIpc) is 3.42. The van der Waals surface area contributed by atoms with Crippen LogP contribution in [0.25, 0.3) is 11.4 Å². The van der Waals surface area contributed by atoms with Gasteiger partial charge in [0.05, 0.1) is 16.8 Å². The van der Waals surface area contributed by atoms with Crippen molar-refractivity contribution in [2.24, 2.45) is 0 Å². The first kappa shape index (κ1) is 22.7. The molecule has 1 N–H and O–H groups in total. The Morgan fingerprint density at radius 2 is 1.97 bits per heavy atom. The number of rotatable bonds is 7. The lowest BCUT2D eigenvalue weighted by atomic mass is 10.1. The number of hydrogen-bond donors (Lipinski definition) is 1. The minimum atomic E-state index is -0.684. The number of hydrogen-bond acceptors (Lipinski definition) is 4. The van der Waals surface area contributed by atoms with Crippen LogP contribution in [-0.4, -0.2) is 26.4 Å². The summed E-state index contributed by atoms with van der Waals surface area (Å²) in [5, 5.41) is 12.8. The SMILES string of the molecule is CC(NC(=O)CSc1nnc(-c2ccccc2Cl)n1C1CCCC1)c1ccc(F)cc1F. The molecule has 1 amide bonds. The quantitative estimate of drug-likeness (QED) is 0.427. The third-order valence-electron chi connectivity index (χ3n) is 5.61. The van der Waals surface area contributed by atoms with Crippen LogP contribution in [0.2, 0.25) is 5.02 Å². The molecule has 3 aromatic rings. The number of benzene rings is 2. The molecule has 0 saturated heterocycles. The molecule has 0 aliphatic heterocycles. The van der Waals surface area contributed by atoms with Gasteiger partial charge in [0, 0.05) is 23.2 Å². The summed E-state index contributed by atoms with van der Waals surface area (Å²) in [6.07, 6.45) is 4.32. The summed E-state index contributed by atoms with van der Waals surface area (Å²) in [6, 6.07) is 10.5. The zero-order valence-electron chi connectivity index (χ0n) is 17.5. The van der Waals surface area contributed by atoms with E-state index in [2.05, 4.69) is 20.1 Å².